The number of halogens is 2. The van der Waals surface area contributed by atoms with Crippen LogP contribution in [0, 0.1) is 0 Å². The number of alkyl halides is 2. The van der Waals surface area contributed by atoms with E-state index < -0.39 is 18.3 Å². The number of hydrogen-bond donors (Lipinski definition) is 0. The zero-order valence-corrected chi connectivity index (χ0v) is 12.7. The van der Waals surface area contributed by atoms with Crippen LogP contribution in [0.3, 0.4) is 0 Å². The Morgan fingerprint density at radius 1 is 1.23 bits per heavy atom. The van der Waals surface area contributed by atoms with Crippen molar-refractivity contribution >= 4 is 0 Å². The Labute approximate surface area is 130 Å². The summed E-state index contributed by atoms with van der Waals surface area (Å²) in [5.41, 5.74) is 0.897. The van der Waals surface area contributed by atoms with E-state index in [1.807, 2.05) is 30.3 Å². The monoisotopic (exact) mass is 312 g/mol. The number of ether oxygens (including phenoxy) is 3. The van der Waals surface area contributed by atoms with Gasteiger partial charge in [-0.3, -0.25) is 0 Å². The van der Waals surface area contributed by atoms with Crippen LogP contribution in [0.2, 0.25) is 0 Å². The van der Waals surface area contributed by atoms with Crippen LogP contribution in [0.15, 0.2) is 55.6 Å². The molecule has 0 aromatic heterocycles. The summed E-state index contributed by atoms with van der Waals surface area (Å²) in [5.74, 6) is -3.23. The lowest BCUT2D eigenvalue weighted by Gasteiger charge is -2.27. The highest BCUT2D eigenvalue weighted by Crippen LogP contribution is 2.25. The fraction of sp³-hybridized carbons (Fsp3) is 0.412. The maximum absolute atomic E-state index is 13.9. The van der Waals surface area contributed by atoms with Gasteiger partial charge < -0.3 is 14.2 Å². The Bertz CT molecular complexity index is 448. The summed E-state index contributed by atoms with van der Waals surface area (Å²) >= 11 is 0. The Balaban J connectivity index is 2.62. The van der Waals surface area contributed by atoms with E-state index in [0.29, 0.717) is 12.7 Å². The van der Waals surface area contributed by atoms with Crippen LogP contribution in [-0.4, -0.2) is 31.5 Å². The third-order valence-electron chi connectivity index (χ3n) is 2.90. The number of benzene rings is 1. The van der Waals surface area contributed by atoms with Crippen molar-refractivity contribution in [1.29, 1.82) is 0 Å². The first-order chi connectivity index (χ1) is 10.5. The van der Waals surface area contributed by atoms with Gasteiger partial charge in [-0.05, 0) is 24.6 Å². The molecule has 5 heteroatoms. The third kappa shape index (κ3) is 6.05. The van der Waals surface area contributed by atoms with Crippen molar-refractivity contribution in [3.05, 3.63) is 61.2 Å². The highest BCUT2D eigenvalue weighted by atomic mass is 19.3. The highest BCUT2D eigenvalue weighted by Gasteiger charge is 2.39. The van der Waals surface area contributed by atoms with Crippen LogP contribution in [0.25, 0.3) is 0 Å². The molecule has 2 atom stereocenters. The molecule has 0 saturated heterocycles. The first kappa shape index (κ1) is 18.5. The second-order valence-electron chi connectivity index (χ2n) is 4.56. The maximum atomic E-state index is 13.9. The van der Waals surface area contributed by atoms with Gasteiger partial charge in [-0.15, -0.1) is 0 Å². The largest absolute Gasteiger partial charge is 0.374 e. The maximum Gasteiger partial charge on any atom is 0.294 e. The Kier molecular flexibility index (Phi) is 7.95. The Morgan fingerprint density at radius 2 is 1.91 bits per heavy atom. The molecule has 22 heavy (non-hydrogen) atoms. The molecule has 0 amide bonds. The number of rotatable bonds is 11. The Hall–Kier alpha value is -1.56. The van der Waals surface area contributed by atoms with Gasteiger partial charge in [0.2, 0.25) is 0 Å². The fourth-order valence-electron chi connectivity index (χ4n) is 1.72. The predicted molar refractivity (Wildman–Crippen MR) is 81.7 cm³/mol. The molecule has 1 aromatic rings. The van der Waals surface area contributed by atoms with Gasteiger partial charge >= 0.3 is 0 Å². The molecular weight excluding hydrogens is 290 g/mol. The summed E-state index contributed by atoms with van der Waals surface area (Å²) in [5, 5.41) is 0. The van der Waals surface area contributed by atoms with E-state index in [1.54, 1.807) is 6.92 Å². The lowest BCUT2D eigenvalue weighted by molar-refractivity contribution is -0.210. The third-order valence-corrected chi connectivity index (χ3v) is 2.90. The van der Waals surface area contributed by atoms with Crippen LogP contribution in [0.1, 0.15) is 12.5 Å². The van der Waals surface area contributed by atoms with Gasteiger partial charge in [-0.1, -0.05) is 43.5 Å². The summed E-state index contributed by atoms with van der Waals surface area (Å²) in [6.45, 7) is 8.66. The zero-order valence-electron chi connectivity index (χ0n) is 12.7. The minimum atomic E-state index is -3.23. The minimum absolute atomic E-state index is 0.224. The normalized spacial score (nSPS) is 14.3. The second kappa shape index (κ2) is 9.46. The molecule has 0 saturated carbocycles. The van der Waals surface area contributed by atoms with Crippen LogP contribution in [-0.2, 0) is 20.8 Å². The lowest BCUT2D eigenvalue weighted by Crippen LogP contribution is -2.40. The Morgan fingerprint density at radius 3 is 2.45 bits per heavy atom. The zero-order chi connectivity index (χ0) is 16.4. The smallest absolute Gasteiger partial charge is 0.294 e. The van der Waals surface area contributed by atoms with Crippen molar-refractivity contribution in [1.82, 2.24) is 0 Å². The minimum Gasteiger partial charge on any atom is -0.374 e. The van der Waals surface area contributed by atoms with Crippen LogP contribution >= 0.6 is 0 Å². The predicted octanol–water partition coefficient (Wildman–Crippen LogP) is 3.96. The van der Waals surface area contributed by atoms with Gasteiger partial charge in [0.15, 0.2) is 12.4 Å². The summed E-state index contributed by atoms with van der Waals surface area (Å²) in [6, 6.07) is 9.29. The topological polar surface area (TPSA) is 27.7 Å². The van der Waals surface area contributed by atoms with Crippen molar-refractivity contribution in [2.75, 3.05) is 13.2 Å². The summed E-state index contributed by atoms with van der Waals surface area (Å²) in [7, 11) is 0. The molecule has 0 bridgehead atoms. The summed E-state index contributed by atoms with van der Waals surface area (Å²) in [6.07, 6.45) is -0.535. The molecule has 0 aliphatic carbocycles. The summed E-state index contributed by atoms with van der Waals surface area (Å²) < 4.78 is 43.5. The molecule has 0 aliphatic heterocycles. The van der Waals surface area contributed by atoms with Gasteiger partial charge in [0.05, 0.1) is 13.2 Å². The quantitative estimate of drug-likeness (QED) is 0.457. The first-order valence-electron chi connectivity index (χ1n) is 7.06. The molecule has 0 N–H and O–H groups in total. The molecule has 0 spiro atoms. The average Bonchev–Trinajstić information content (AvgIpc) is 2.54. The average molecular weight is 312 g/mol. The van der Waals surface area contributed by atoms with Crippen molar-refractivity contribution in [3.63, 3.8) is 0 Å². The van der Waals surface area contributed by atoms with Crippen molar-refractivity contribution in [2.45, 2.75) is 31.8 Å². The van der Waals surface area contributed by atoms with Crippen LogP contribution < -0.4 is 0 Å². The molecule has 3 nitrogen and oxygen atoms in total. The van der Waals surface area contributed by atoms with Gasteiger partial charge in [0, 0.05) is 6.61 Å². The van der Waals surface area contributed by atoms with Crippen molar-refractivity contribution < 1.29 is 23.0 Å². The molecule has 0 aliphatic rings. The molecular formula is C17H22F2O3. The molecule has 0 fully saturated rings. The molecule has 1 aromatic carbocycles. The second-order valence-corrected chi connectivity index (χ2v) is 4.56. The lowest BCUT2D eigenvalue weighted by atomic mass is 10.2. The van der Waals surface area contributed by atoms with E-state index in [0.717, 1.165) is 5.56 Å². The van der Waals surface area contributed by atoms with Crippen LogP contribution in [0.5, 0.6) is 0 Å². The molecule has 122 valence electrons. The van der Waals surface area contributed by atoms with Crippen LogP contribution in [0.4, 0.5) is 8.78 Å². The number of hydrogen-bond acceptors (Lipinski definition) is 3. The van der Waals surface area contributed by atoms with Gasteiger partial charge in [0.1, 0.15) is 0 Å². The first-order valence-corrected chi connectivity index (χ1v) is 7.06. The molecule has 0 heterocycles. The van der Waals surface area contributed by atoms with E-state index >= 15 is 0 Å². The van der Waals surface area contributed by atoms with E-state index in [2.05, 4.69) is 13.2 Å². The molecule has 1 rings (SSSR count). The van der Waals surface area contributed by atoms with Gasteiger partial charge in [0.25, 0.3) is 5.92 Å². The van der Waals surface area contributed by atoms with Crippen molar-refractivity contribution in [2.24, 2.45) is 0 Å². The van der Waals surface area contributed by atoms with E-state index in [-0.39, 0.29) is 13.2 Å². The standard InChI is InChI=1S/C17H22F2O3/c1-4-16(21-6-3)22-15(17(18,19)5-2)13-20-12-14-10-8-7-9-11-14/h4-5,7-11,15-16H,1-2,6,12-13H2,3H3. The molecule has 2 unspecified atom stereocenters. The molecule has 0 radical (unpaired) electrons. The summed E-state index contributed by atoms with van der Waals surface area (Å²) in [4.78, 5) is 0. The SMILES string of the molecule is C=CC(OCC)OC(COCc1ccccc1)C(F)(F)C=C. The van der Waals surface area contributed by atoms with Gasteiger partial charge in [-0.2, -0.15) is 8.78 Å². The van der Waals surface area contributed by atoms with Crippen molar-refractivity contribution in [3.8, 4) is 0 Å². The highest BCUT2D eigenvalue weighted by molar-refractivity contribution is 5.13. The van der Waals surface area contributed by atoms with Gasteiger partial charge in [-0.25, -0.2) is 0 Å². The van der Waals surface area contributed by atoms with E-state index in [9.17, 15) is 8.78 Å². The van der Waals surface area contributed by atoms with E-state index in [1.165, 1.54) is 6.08 Å². The fourth-order valence-corrected chi connectivity index (χ4v) is 1.72. The van der Waals surface area contributed by atoms with E-state index in [4.69, 9.17) is 14.2 Å².